The lowest BCUT2D eigenvalue weighted by Gasteiger charge is -2.27. The van der Waals surface area contributed by atoms with E-state index in [1.54, 1.807) is 0 Å². The number of carbonyl (C=O) groups is 1. The van der Waals surface area contributed by atoms with Crippen LogP contribution in [0.5, 0.6) is 0 Å². The third-order valence-corrected chi connectivity index (χ3v) is 2.13. The van der Waals surface area contributed by atoms with Gasteiger partial charge in [-0.2, -0.15) is 0 Å². The Hall–Kier alpha value is -0.570. The lowest BCUT2D eigenvalue weighted by molar-refractivity contribution is -0.133. The van der Waals surface area contributed by atoms with E-state index >= 15 is 0 Å². The summed E-state index contributed by atoms with van der Waals surface area (Å²) in [5.41, 5.74) is 0. The van der Waals surface area contributed by atoms with Crippen LogP contribution in [0.2, 0.25) is 0 Å². The highest BCUT2D eigenvalue weighted by Gasteiger charge is 2.16. The molecule has 0 spiro atoms. The number of hydrogen-bond donors (Lipinski definition) is 1. The molecule has 14 heavy (non-hydrogen) atoms. The highest BCUT2D eigenvalue weighted by Crippen LogP contribution is 2.07. The number of likely N-dealkylation sites (N-methyl/N-ethyl adjacent to an activating group) is 1. The first kappa shape index (κ1) is 13.4. The van der Waals surface area contributed by atoms with Crippen LogP contribution in [0.3, 0.4) is 0 Å². The first-order chi connectivity index (χ1) is 6.49. The van der Waals surface area contributed by atoms with Crippen LogP contribution >= 0.6 is 0 Å². The summed E-state index contributed by atoms with van der Waals surface area (Å²) >= 11 is 0. The zero-order chi connectivity index (χ0) is 11.1. The van der Waals surface area contributed by atoms with Crippen molar-refractivity contribution in [2.45, 2.75) is 40.2 Å². The predicted molar refractivity (Wildman–Crippen MR) is 60.2 cm³/mol. The van der Waals surface area contributed by atoms with Gasteiger partial charge in [0.15, 0.2) is 0 Å². The maximum absolute atomic E-state index is 11.8. The summed E-state index contributed by atoms with van der Waals surface area (Å²) in [6, 6.07) is 0.301. The van der Waals surface area contributed by atoms with Gasteiger partial charge < -0.3 is 10.2 Å². The third kappa shape index (κ3) is 5.22. The SMILES string of the molecule is CNCCN(C(=O)CC(C)C)C(C)C. The molecule has 0 radical (unpaired) electrons. The second kappa shape index (κ2) is 6.82. The maximum atomic E-state index is 11.8. The molecule has 1 amide bonds. The highest BCUT2D eigenvalue weighted by molar-refractivity contribution is 5.76. The molecule has 0 saturated heterocycles. The molecule has 3 heteroatoms. The van der Waals surface area contributed by atoms with Gasteiger partial charge in [-0.25, -0.2) is 0 Å². The van der Waals surface area contributed by atoms with Gasteiger partial charge in [0.25, 0.3) is 0 Å². The molecule has 0 bridgehead atoms. The van der Waals surface area contributed by atoms with Crippen molar-refractivity contribution in [2.24, 2.45) is 5.92 Å². The number of amides is 1. The Morgan fingerprint density at radius 1 is 1.29 bits per heavy atom. The Balaban J connectivity index is 4.11. The van der Waals surface area contributed by atoms with Crippen LogP contribution in [0.25, 0.3) is 0 Å². The van der Waals surface area contributed by atoms with E-state index in [4.69, 9.17) is 0 Å². The first-order valence-electron chi connectivity index (χ1n) is 5.43. The molecule has 0 heterocycles. The molecule has 3 nitrogen and oxygen atoms in total. The minimum absolute atomic E-state index is 0.269. The molecule has 0 aromatic heterocycles. The summed E-state index contributed by atoms with van der Waals surface area (Å²) in [5, 5.41) is 3.07. The van der Waals surface area contributed by atoms with Crippen molar-refractivity contribution < 1.29 is 4.79 Å². The Labute approximate surface area is 87.9 Å². The molecule has 0 fully saturated rings. The van der Waals surface area contributed by atoms with E-state index in [1.807, 2.05) is 11.9 Å². The van der Waals surface area contributed by atoms with Gasteiger partial charge in [-0.05, 0) is 26.8 Å². The van der Waals surface area contributed by atoms with Crippen LogP contribution in [-0.4, -0.2) is 37.0 Å². The van der Waals surface area contributed by atoms with E-state index in [1.165, 1.54) is 0 Å². The number of hydrogen-bond acceptors (Lipinski definition) is 2. The van der Waals surface area contributed by atoms with Crippen LogP contribution in [0.1, 0.15) is 34.1 Å². The molecular weight excluding hydrogens is 176 g/mol. The maximum Gasteiger partial charge on any atom is 0.223 e. The molecule has 0 aliphatic rings. The van der Waals surface area contributed by atoms with Gasteiger partial charge in [-0.15, -0.1) is 0 Å². The Bertz CT molecular complexity index is 167. The van der Waals surface area contributed by atoms with Gasteiger partial charge in [0.1, 0.15) is 0 Å². The zero-order valence-corrected chi connectivity index (χ0v) is 10.1. The fourth-order valence-corrected chi connectivity index (χ4v) is 1.37. The van der Waals surface area contributed by atoms with Gasteiger partial charge in [0.2, 0.25) is 5.91 Å². The zero-order valence-electron chi connectivity index (χ0n) is 10.1. The quantitative estimate of drug-likeness (QED) is 0.704. The molecule has 0 aromatic carbocycles. The molecule has 0 aliphatic carbocycles. The Morgan fingerprint density at radius 2 is 1.86 bits per heavy atom. The molecule has 0 saturated carbocycles. The predicted octanol–water partition coefficient (Wildman–Crippen LogP) is 1.49. The molecular formula is C11H24N2O. The second-order valence-electron chi connectivity index (χ2n) is 4.38. The lowest BCUT2D eigenvalue weighted by Crippen LogP contribution is -2.41. The van der Waals surface area contributed by atoms with E-state index in [-0.39, 0.29) is 5.91 Å². The van der Waals surface area contributed by atoms with E-state index in [0.717, 1.165) is 13.1 Å². The monoisotopic (exact) mass is 200 g/mol. The molecule has 1 N–H and O–H groups in total. The molecule has 0 atom stereocenters. The smallest absolute Gasteiger partial charge is 0.223 e. The van der Waals surface area contributed by atoms with Crippen LogP contribution in [0.4, 0.5) is 0 Å². The summed E-state index contributed by atoms with van der Waals surface area (Å²) in [6.07, 6.45) is 0.655. The third-order valence-electron chi connectivity index (χ3n) is 2.13. The fourth-order valence-electron chi connectivity index (χ4n) is 1.37. The Kier molecular flexibility index (Phi) is 6.54. The average molecular weight is 200 g/mol. The van der Waals surface area contributed by atoms with Crippen LogP contribution in [-0.2, 0) is 4.79 Å². The second-order valence-corrected chi connectivity index (χ2v) is 4.38. The normalized spacial score (nSPS) is 11.1. The van der Waals surface area contributed by atoms with Gasteiger partial charge in [0.05, 0.1) is 0 Å². The number of nitrogens with one attached hydrogen (secondary N) is 1. The Morgan fingerprint density at radius 3 is 2.21 bits per heavy atom. The van der Waals surface area contributed by atoms with Crippen LogP contribution in [0.15, 0.2) is 0 Å². The van der Waals surface area contributed by atoms with Crippen LogP contribution < -0.4 is 5.32 Å². The lowest BCUT2D eigenvalue weighted by atomic mass is 10.1. The molecule has 0 unspecified atom stereocenters. The van der Waals surface area contributed by atoms with Gasteiger partial charge in [0, 0.05) is 25.6 Å². The fraction of sp³-hybridized carbons (Fsp3) is 0.909. The van der Waals surface area contributed by atoms with Crippen molar-refractivity contribution in [1.82, 2.24) is 10.2 Å². The van der Waals surface area contributed by atoms with Crippen molar-refractivity contribution in [1.29, 1.82) is 0 Å². The summed E-state index contributed by atoms with van der Waals surface area (Å²) in [5.74, 6) is 0.712. The van der Waals surface area contributed by atoms with Crippen molar-refractivity contribution in [3.8, 4) is 0 Å². The van der Waals surface area contributed by atoms with Gasteiger partial charge in [-0.3, -0.25) is 4.79 Å². The summed E-state index contributed by atoms with van der Waals surface area (Å²) < 4.78 is 0. The van der Waals surface area contributed by atoms with Crippen LogP contribution in [0, 0.1) is 5.92 Å². The van der Waals surface area contributed by atoms with Gasteiger partial charge >= 0.3 is 0 Å². The van der Waals surface area contributed by atoms with E-state index in [0.29, 0.717) is 18.4 Å². The largest absolute Gasteiger partial charge is 0.339 e. The van der Waals surface area contributed by atoms with Crippen molar-refractivity contribution in [3.63, 3.8) is 0 Å². The number of nitrogens with zero attached hydrogens (tertiary/aromatic N) is 1. The minimum Gasteiger partial charge on any atom is -0.339 e. The number of rotatable bonds is 6. The average Bonchev–Trinajstić information content (AvgIpc) is 2.02. The van der Waals surface area contributed by atoms with E-state index in [2.05, 4.69) is 33.0 Å². The van der Waals surface area contributed by atoms with Crippen molar-refractivity contribution in [2.75, 3.05) is 20.1 Å². The first-order valence-corrected chi connectivity index (χ1v) is 5.43. The van der Waals surface area contributed by atoms with Crippen molar-refractivity contribution in [3.05, 3.63) is 0 Å². The summed E-state index contributed by atoms with van der Waals surface area (Å²) in [4.78, 5) is 13.7. The molecule has 0 aromatic rings. The van der Waals surface area contributed by atoms with E-state index in [9.17, 15) is 4.79 Å². The topological polar surface area (TPSA) is 32.3 Å². The summed E-state index contributed by atoms with van der Waals surface area (Å²) in [7, 11) is 1.91. The van der Waals surface area contributed by atoms with Gasteiger partial charge in [-0.1, -0.05) is 13.8 Å². The van der Waals surface area contributed by atoms with Crippen molar-refractivity contribution >= 4 is 5.91 Å². The standard InChI is InChI=1S/C11H24N2O/c1-9(2)8-11(14)13(10(3)4)7-6-12-5/h9-10,12H,6-8H2,1-5H3. The summed E-state index contributed by atoms with van der Waals surface area (Å²) in [6.45, 7) is 9.95. The minimum atomic E-state index is 0.269. The molecule has 84 valence electrons. The molecule has 0 aliphatic heterocycles. The highest BCUT2D eigenvalue weighted by atomic mass is 16.2. The number of carbonyl (C=O) groups excluding carboxylic acids is 1. The van der Waals surface area contributed by atoms with E-state index < -0.39 is 0 Å². The molecule has 0 rings (SSSR count).